The first-order chi connectivity index (χ1) is 10.8. The zero-order chi connectivity index (χ0) is 16.8. The van der Waals surface area contributed by atoms with Crippen LogP contribution >= 0.6 is 34.8 Å². The van der Waals surface area contributed by atoms with E-state index in [2.05, 4.69) is 4.98 Å². The lowest BCUT2D eigenvalue weighted by Gasteiger charge is -2.10. The van der Waals surface area contributed by atoms with Crippen LogP contribution in [0.4, 0.5) is 0 Å². The van der Waals surface area contributed by atoms with Crippen molar-refractivity contribution in [1.29, 1.82) is 0 Å². The molecule has 0 N–H and O–H groups in total. The molecule has 0 unspecified atom stereocenters. The molecule has 0 spiro atoms. The maximum atomic E-state index is 12.8. The number of rotatable bonds is 2. The second-order valence-electron chi connectivity index (χ2n) is 5.04. The van der Waals surface area contributed by atoms with Gasteiger partial charge in [-0.2, -0.15) is 0 Å². The molecular formula is C16H10Cl3NO2S. The number of halogens is 3. The van der Waals surface area contributed by atoms with E-state index in [0.717, 1.165) is 5.56 Å². The third-order valence-electron chi connectivity index (χ3n) is 3.42. The van der Waals surface area contributed by atoms with Gasteiger partial charge in [-0.3, -0.25) is 4.98 Å². The maximum Gasteiger partial charge on any atom is 0.209 e. The van der Waals surface area contributed by atoms with Crippen LogP contribution in [0.3, 0.4) is 0 Å². The molecule has 3 aromatic rings. The number of nitrogens with zero attached hydrogens (tertiary/aromatic N) is 1. The molecule has 3 nitrogen and oxygen atoms in total. The number of benzene rings is 2. The number of aromatic nitrogens is 1. The summed E-state index contributed by atoms with van der Waals surface area (Å²) in [5.41, 5.74) is 1.60. The molecule has 0 amide bonds. The van der Waals surface area contributed by atoms with Gasteiger partial charge in [0.1, 0.15) is 4.90 Å². The summed E-state index contributed by atoms with van der Waals surface area (Å²) in [5.74, 6) is 0. The number of hydrogen-bond acceptors (Lipinski definition) is 3. The largest absolute Gasteiger partial charge is 0.255 e. The Morgan fingerprint density at radius 1 is 0.957 bits per heavy atom. The Morgan fingerprint density at radius 3 is 2.39 bits per heavy atom. The fourth-order valence-corrected chi connectivity index (χ4v) is 4.39. The lowest BCUT2D eigenvalue weighted by Crippen LogP contribution is -2.04. The van der Waals surface area contributed by atoms with Crippen molar-refractivity contribution < 1.29 is 8.42 Å². The Labute approximate surface area is 148 Å². The molecule has 0 aliphatic carbocycles. The van der Waals surface area contributed by atoms with E-state index >= 15 is 0 Å². The highest BCUT2D eigenvalue weighted by atomic mass is 35.5. The van der Waals surface area contributed by atoms with Gasteiger partial charge in [0.2, 0.25) is 9.84 Å². The molecule has 0 aliphatic rings. The summed E-state index contributed by atoms with van der Waals surface area (Å²) in [6, 6.07) is 9.61. The molecule has 0 bridgehead atoms. The maximum absolute atomic E-state index is 12.8. The van der Waals surface area contributed by atoms with Gasteiger partial charge in [0.15, 0.2) is 0 Å². The molecule has 1 heterocycles. The summed E-state index contributed by atoms with van der Waals surface area (Å²) in [6.45, 7) is 1.90. The Morgan fingerprint density at radius 2 is 1.70 bits per heavy atom. The molecule has 118 valence electrons. The first-order valence-corrected chi connectivity index (χ1v) is 9.17. The van der Waals surface area contributed by atoms with Crippen LogP contribution in [0.15, 0.2) is 52.4 Å². The van der Waals surface area contributed by atoms with Gasteiger partial charge in [0.25, 0.3) is 0 Å². The van der Waals surface area contributed by atoms with Gasteiger partial charge in [0, 0.05) is 11.6 Å². The molecule has 7 heteroatoms. The van der Waals surface area contributed by atoms with Crippen molar-refractivity contribution in [2.75, 3.05) is 0 Å². The van der Waals surface area contributed by atoms with E-state index < -0.39 is 9.84 Å². The average Bonchev–Trinajstić information content (AvgIpc) is 2.50. The fraction of sp³-hybridized carbons (Fsp3) is 0.0625. The fourth-order valence-electron chi connectivity index (χ4n) is 2.21. The normalized spacial score (nSPS) is 11.8. The van der Waals surface area contributed by atoms with Crippen LogP contribution < -0.4 is 0 Å². The summed E-state index contributed by atoms with van der Waals surface area (Å²) in [5, 5.41) is 1.18. The first kappa shape index (κ1) is 16.5. The van der Waals surface area contributed by atoms with Gasteiger partial charge in [-0.05, 0) is 37.3 Å². The SMILES string of the molecule is Cc1ccc2ncc(S(=O)(=O)c3ccc(Cl)c(Cl)c3)c(Cl)c2c1. The van der Waals surface area contributed by atoms with Crippen molar-refractivity contribution in [3.05, 3.63) is 63.2 Å². The van der Waals surface area contributed by atoms with Gasteiger partial charge in [-0.25, -0.2) is 8.42 Å². The molecule has 0 atom stereocenters. The molecule has 0 saturated carbocycles. The van der Waals surface area contributed by atoms with Crippen LogP contribution in [0.2, 0.25) is 15.1 Å². The van der Waals surface area contributed by atoms with Gasteiger partial charge in [-0.15, -0.1) is 0 Å². The highest BCUT2D eigenvalue weighted by molar-refractivity contribution is 7.91. The topological polar surface area (TPSA) is 47.0 Å². The Balaban J connectivity index is 2.26. The molecule has 0 aliphatic heterocycles. The molecular weight excluding hydrogens is 377 g/mol. The Bertz CT molecular complexity index is 1030. The van der Waals surface area contributed by atoms with Crippen LogP contribution in [-0.2, 0) is 9.84 Å². The van der Waals surface area contributed by atoms with Crippen LogP contribution in [-0.4, -0.2) is 13.4 Å². The minimum Gasteiger partial charge on any atom is -0.255 e. The van der Waals surface area contributed by atoms with E-state index in [9.17, 15) is 8.42 Å². The minimum atomic E-state index is -3.85. The van der Waals surface area contributed by atoms with Crippen LogP contribution in [0.5, 0.6) is 0 Å². The zero-order valence-electron chi connectivity index (χ0n) is 11.8. The third kappa shape index (κ3) is 2.92. The Hall–Kier alpha value is -1.33. The molecule has 0 saturated heterocycles. The van der Waals surface area contributed by atoms with Crippen molar-refractivity contribution in [1.82, 2.24) is 4.98 Å². The summed E-state index contributed by atoms with van der Waals surface area (Å²) < 4.78 is 25.6. The monoisotopic (exact) mass is 385 g/mol. The van der Waals surface area contributed by atoms with Crippen molar-refractivity contribution in [2.24, 2.45) is 0 Å². The van der Waals surface area contributed by atoms with Gasteiger partial charge < -0.3 is 0 Å². The average molecular weight is 387 g/mol. The third-order valence-corrected chi connectivity index (χ3v) is 6.44. The highest BCUT2D eigenvalue weighted by Gasteiger charge is 2.23. The molecule has 1 aromatic heterocycles. The highest BCUT2D eigenvalue weighted by Crippen LogP contribution is 2.34. The quantitative estimate of drug-likeness (QED) is 0.597. The van der Waals surface area contributed by atoms with E-state index in [-0.39, 0.29) is 24.9 Å². The van der Waals surface area contributed by atoms with Crippen LogP contribution in [0.1, 0.15) is 5.56 Å². The molecule has 23 heavy (non-hydrogen) atoms. The Kier molecular flexibility index (Phi) is 4.27. The minimum absolute atomic E-state index is 0.0163. The second-order valence-corrected chi connectivity index (χ2v) is 8.15. The lowest BCUT2D eigenvalue weighted by atomic mass is 10.1. The number of fused-ring (bicyclic) bond motifs is 1. The van der Waals surface area contributed by atoms with Crippen LogP contribution in [0.25, 0.3) is 10.9 Å². The van der Waals surface area contributed by atoms with Crippen molar-refractivity contribution >= 4 is 55.5 Å². The second kappa shape index (κ2) is 5.95. The lowest BCUT2D eigenvalue weighted by molar-refractivity contribution is 0.596. The number of pyridine rings is 1. The molecule has 0 radical (unpaired) electrons. The van der Waals surface area contributed by atoms with Crippen molar-refractivity contribution in [2.45, 2.75) is 16.7 Å². The van der Waals surface area contributed by atoms with Gasteiger partial charge in [-0.1, -0.05) is 46.4 Å². The smallest absolute Gasteiger partial charge is 0.209 e. The number of sulfone groups is 1. The molecule has 0 fully saturated rings. The summed E-state index contributed by atoms with van der Waals surface area (Å²) in [7, 11) is -3.85. The van der Waals surface area contributed by atoms with E-state index in [4.69, 9.17) is 34.8 Å². The molecule has 2 aromatic carbocycles. The first-order valence-electron chi connectivity index (χ1n) is 6.56. The molecule has 3 rings (SSSR count). The summed E-state index contributed by atoms with van der Waals surface area (Å²) in [6.07, 6.45) is 1.26. The standard InChI is InChI=1S/C16H10Cl3NO2S/c1-9-2-5-14-11(6-9)16(19)15(8-20-14)23(21,22)10-3-4-12(17)13(18)7-10/h2-8H,1H3. The van der Waals surface area contributed by atoms with E-state index in [1.54, 1.807) is 12.1 Å². The van der Waals surface area contributed by atoms with Gasteiger partial charge >= 0.3 is 0 Å². The number of hydrogen-bond donors (Lipinski definition) is 0. The van der Waals surface area contributed by atoms with E-state index in [0.29, 0.717) is 10.9 Å². The summed E-state index contributed by atoms with van der Waals surface area (Å²) in [4.78, 5) is 4.15. The number of aryl methyl sites for hydroxylation is 1. The van der Waals surface area contributed by atoms with E-state index in [1.165, 1.54) is 24.4 Å². The zero-order valence-corrected chi connectivity index (χ0v) is 14.9. The predicted molar refractivity (Wildman–Crippen MR) is 93.4 cm³/mol. The van der Waals surface area contributed by atoms with E-state index in [1.807, 2.05) is 13.0 Å². The van der Waals surface area contributed by atoms with Gasteiger partial charge in [0.05, 0.1) is 25.5 Å². The summed E-state index contributed by atoms with van der Waals surface area (Å²) >= 11 is 18.1. The predicted octanol–water partition coefficient (Wildman–Crippen LogP) is 5.34. The van der Waals surface area contributed by atoms with Crippen LogP contribution in [0, 0.1) is 6.92 Å². The van der Waals surface area contributed by atoms with Crippen molar-refractivity contribution in [3.8, 4) is 0 Å². The van der Waals surface area contributed by atoms with Crippen molar-refractivity contribution in [3.63, 3.8) is 0 Å².